The molecule has 0 fully saturated rings. The third-order valence-corrected chi connectivity index (χ3v) is 2.87. The van der Waals surface area contributed by atoms with Crippen LogP contribution in [0.4, 0.5) is 0 Å². The number of aromatic nitrogens is 2. The number of H-pyrrole nitrogens is 1. The van der Waals surface area contributed by atoms with E-state index in [0.717, 1.165) is 44.1 Å². The van der Waals surface area contributed by atoms with Gasteiger partial charge in [0.1, 0.15) is 11.6 Å². The molecule has 0 spiro atoms. The van der Waals surface area contributed by atoms with Crippen molar-refractivity contribution in [3.8, 4) is 5.75 Å². The van der Waals surface area contributed by atoms with Gasteiger partial charge in [0, 0.05) is 18.9 Å². The van der Waals surface area contributed by atoms with Gasteiger partial charge in [-0.3, -0.25) is 0 Å². The first-order chi connectivity index (χ1) is 9.38. The smallest absolute Gasteiger partial charge is 0.120 e. The van der Waals surface area contributed by atoms with Crippen LogP contribution >= 0.6 is 0 Å². The Kier molecular flexibility index (Phi) is 5.44. The number of nitrogens with zero attached hydrogens (tertiary/aromatic N) is 1. The SMILES string of the molecule is CCCCOc1ccc(CNCc2ncc[nH]2)cc1. The van der Waals surface area contributed by atoms with Crippen LogP contribution in [-0.2, 0) is 13.1 Å². The molecule has 1 aromatic carbocycles. The molecule has 0 amide bonds. The predicted molar refractivity (Wildman–Crippen MR) is 76.0 cm³/mol. The summed E-state index contributed by atoms with van der Waals surface area (Å²) in [7, 11) is 0. The highest BCUT2D eigenvalue weighted by atomic mass is 16.5. The summed E-state index contributed by atoms with van der Waals surface area (Å²) in [6.45, 7) is 4.54. The fourth-order valence-electron chi connectivity index (χ4n) is 1.76. The molecule has 0 saturated carbocycles. The molecule has 0 radical (unpaired) electrons. The number of imidazole rings is 1. The van der Waals surface area contributed by atoms with Crippen LogP contribution in [0.25, 0.3) is 0 Å². The average Bonchev–Trinajstić information content (AvgIpc) is 2.94. The van der Waals surface area contributed by atoms with Gasteiger partial charge in [-0.1, -0.05) is 25.5 Å². The van der Waals surface area contributed by atoms with Gasteiger partial charge in [-0.25, -0.2) is 4.98 Å². The molecule has 0 unspecified atom stereocenters. The van der Waals surface area contributed by atoms with Crippen molar-refractivity contribution in [1.29, 1.82) is 0 Å². The third kappa shape index (κ3) is 4.75. The van der Waals surface area contributed by atoms with E-state index in [0.29, 0.717) is 0 Å². The second kappa shape index (κ2) is 7.59. The summed E-state index contributed by atoms with van der Waals surface area (Å²) in [5.74, 6) is 1.91. The van der Waals surface area contributed by atoms with Crippen LogP contribution in [0.5, 0.6) is 5.75 Å². The van der Waals surface area contributed by atoms with Crippen LogP contribution in [0, 0.1) is 0 Å². The zero-order valence-corrected chi connectivity index (χ0v) is 11.4. The number of hydrogen-bond donors (Lipinski definition) is 2. The van der Waals surface area contributed by atoms with E-state index in [4.69, 9.17) is 4.74 Å². The van der Waals surface area contributed by atoms with Crippen LogP contribution in [-0.4, -0.2) is 16.6 Å². The van der Waals surface area contributed by atoms with E-state index in [1.54, 1.807) is 6.20 Å². The van der Waals surface area contributed by atoms with Crippen LogP contribution in [0.2, 0.25) is 0 Å². The van der Waals surface area contributed by atoms with Crippen LogP contribution in [0.1, 0.15) is 31.2 Å². The Balaban J connectivity index is 1.72. The fourth-order valence-corrected chi connectivity index (χ4v) is 1.76. The van der Waals surface area contributed by atoms with E-state index < -0.39 is 0 Å². The minimum absolute atomic E-state index is 0.752. The first-order valence-electron chi connectivity index (χ1n) is 6.79. The van der Waals surface area contributed by atoms with Crippen molar-refractivity contribution in [2.75, 3.05) is 6.61 Å². The molecule has 1 heterocycles. The molecule has 1 aromatic heterocycles. The fraction of sp³-hybridized carbons (Fsp3) is 0.400. The second-order valence-electron chi connectivity index (χ2n) is 4.49. The third-order valence-electron chi connectivity index (χ3n) is 2.87. The Morgan fingerprint density at radius 3 is 2.74 bits per heavy atom. The van der Waals surface area contributed by atoms with E-state index in [1.165, 1.54) is 5.56 Å². The molecule has 19 heavy (non-hydrogen) atoms. The Morgan fingerprint density at radius 1 is 1.21 bits per heavy atom. The molecule has 0 atom stereocenters. The van der Waals surface area contributed by atoms with Gasteiger partial charge in [0.25, 0.3) is 0 Å². The zero-order chi connectivity index (χ0) is 13.3. The summed E-state index contributed by atoms with van der Waals surface area (Å²) in [5, 5.41) is 3.34. The number of nitrogens with one attached hydrogen (secondary N) is 2. The quantitative estimate of drug-likeness (QED) is 0.717. The molecule has 0 aliphatic carbocycles. The molecule has 2 aromatic rings. The molecule has 0 bridgehead atoms. The van der Waals surface area contributed by atoms with Gasteiger partial charge in [-0.15, -0.1) is 0 Å². The van der Waals surface area contributed by atoms with Crippen molar-refractivity contribution >= 4 is 0 Å². The number of hydrogen-bond acceptors (Lipinski definition) is 3. The minimum Gasteiger partial charge on any atom is -0.494 e. The number of unbranched alkanes of at least 4 members (excludes halogenated alkanes) is 1. The standard InChI is InChI=1S/C15H21N3O/c1-2-3-10-19-14-6-4-13(5-7-14)11-16-12-15-17-8-9-18-15/h4-9,16H,2-3,10-12H2,1H3,(H,17,18). The topological polar surface area (TPSA) is 49.9 Å². The van der Waals surface area contributed by atoms with Crippen molar-refractivity contribution in [3.05, 3.63) is 48.0 Å². The van der Waals surface area contributed by atoms with E-state index in [1.807, 2.05) is 18.3 Å². The normalized spacial score (nSPS) is 10.6. The second-order valence-corrected chi connectivity index (χ2v) is 4.49. The summed E-state index contributed by atoms with van der Waals surface area (Å²) >= 11 is 0. The highest BCUT2D eigenvalue weighted by molar-refractivity contribution is 5.27. The van der Waals surface area contributed by atoms with Gasteiger partial charge in [0.2, 0.25) is 0 Å². The molecule has 0 saturated heterocycles. The van der Waals surface area contributed by atoms with Crippen molar-refractivity contribution in [2.45, 2.75) is 32.9 Å². The van der Waals surface area contributed by atoms with Crippen molar-refractivity contribution in [3.63, 3.8) is 0 Å². The Hall–Kier alpha value is -1.81. The minimum atomic E-state index is 0.752. The molecule has 102 valence electrons. The van der Waals surface area contributed by atoms with E-state index in [-0.39, 0.29) is 0 Å². The number of benzene rings is 1. The summed E-state index contributed by atoms with van der Waals surface area (Å²) in [6.07, 6.45) is 5.86. The molecular weight excluding hydrogens is 238 g/mol. The lowest BCUT2D eigenvalue weighted by atomic mass is 10.2. The summed E-state index contributed by atoms with van der Waals surface area (Å²) in [4.78, 5) is 7.23. The lowest BCUT2D eigenvalue weighted by Crippen LogP contribution is -2.13. The van der Waals surface area contributed by atoms with E-state index in [9.17, 15) is 0 Å². The molecule has 0 aliphatic rings. The van der Waals surface area contributed by atoms with Crippen LogP contribution < -0.4 is 10.1 Å². The lowest BCUT2D eigenvalue weighted by molar-refractivity contribution is 0.309. The van der Waals surface area contributed by atoms with Crippen molar-refractivity contribution < 1.29 is 4.74 Å². The zero-order valence-electron chi connectivity index (χ0n) is 11.4. The molecule has 0 aliphatic heterocycles. The Labute approximate surface area is 114 Å². The van der Waals surface area contributed by atoms with Gasteiger partial charge in [0.05, 0.1) is 13.2 Å². The molecule has 2 N–H and O–H groups in total. The Morgan fingerprint density at radius 2 is 2.05 bits per heavy atom. The molecular formula is C15H21N3O. The average molecular weight is 259 g/mol. The summed E-state index contributed by atoms with van der Waals surface area (Å²) in [6, 6.07) is 8.24. The van der Waals surface area contributed by atoms with E-state index in [2.05, 4.69) is 34.3 Å². The predicted octanol–water partition coefficient (Wildman–Crippen LogP) is 2.88. The maximum atomic E-state index is 5.63. The van der Waals surface area contributed by atoms with Gasteiger partial charge in [0.15, 0.2) is 0 Å². The lowest BCUT2D eigenvalue weighted by Gasteiger charge is -2.07. The van der Waals surface area contributed by atoms with E-state index >= 15 is 0 Å². The van der Waals surface area contributed by atoms with Gasteiger partial charge in [-0.2, -0.15) is 0 Å². The maximum Gasteiger partial charge on any atom is 0.120 e. The highest BCUT2D eigenvalue weighted by Crippen LogP contribution is 2.12. The van der Waals surface area contributed by atoms with Crippen molar-refractivity contribution in [2.24, 2.45) is 0 Å². The van der Waals surface area contributed by atoms with Crippen molar-refractivity contribution in [1.82, 2.24) is 15.3 Å². The molecule has 2 rings (SSSR count). The highest BCUT2D eigenvalue weighted by Gasteiger charge is 1.97. The van der Waals surface area contributed by atoms with Gasteiger partial charge >= 0.3 is 0 Å². The molecule has 4 heteroatoms. The number of rotatable bonds is 8. The summed E-state index contributed by atoms with van der Waals surface area (Å²) in [5.41, 5.74) is 1.24. The van der Waals surface area contributed by atoms with Crippen LogP contribution in [0.15, 0.2) is 36.7 Å². The largest absolute Gasteiger partial charge is 0.494 e. The molecule has 4 nitrogen and oxygen atoms in total. The maximum absolute atomic E-state index is 5.63. The number of ether oxygens (including phenoxy) is 1. The van der Waals surface area contributed by atoms with Gasteiger partial charge < -0.3 is 15.0 Å². The summed E-state index contributed by atoms with van der Waals surface area (Å²) < 4.78 is 5.63. The van der Waals surface area contributed by atoms with Gasteiger partial charge in [-0.05, 0) is 24.1 Å². The first kappa shape index (κ1) is 13.6. The Bertz CT molecular complexity index is 451. The first-order valence-corrected chi connectivity index (χ1v) is 6.79. The monoisotopic (exact) mass is 259 g/mol. The van der Waals surface area contributed by atoms with Crippen LogP contribution in [0.3, 0.4) is 0 Å². The number of aromatic amines is 1.